The molecule has 1 N–H and O–H groups in total. The second-order valence-corrected chi connectivity index (χ2v) is 6.01. The third kappa shape index (κ3) is 4.59. The summed E-state index contributed by atoms with van der Waals surface area (Å²) in [6.45, 7) is 0.934. The van der Waals surface area contributed by atoms with Crippen molar-refractivity contribution in [1.82, 2.24) is 4.90 Å². The van der Waals surface area contributed by atoms with Crippen LogP contribution >= 0.6 is 0 Å². The van der Waals surface area contributed by atoms with E-state index in [4.69, 9.17) is 4.74 Å². The average molecular weight is 338 g/mol. The number of carbonyl (C=O) groups excluding carboxylic acids is 2. The van der Waals surface area contributed by atoms with Crippen LogP contribution in [0.1, 0.15) is 19.3 Å². The Bertz CT molecular complexity index is 703. The van der Waals surface area contributed by atoms with Crippen LogP contribution in [0, 0.1) is 0 Å². The summed E-state index contributed by atoms with van der Waals surface area (Å²) in [5.74, 6) is 0.581. The number of hydrogen-bond donors (Lipinski definition) is 1. The molecule has 5 heteroatoms. The molecule has 0 aliphatic carbocycles. The molecule has 1 atom stereocenters. The van der Waals surface area contributed by atoms with Crippen LogP contribution in [0.2, 0.25) is 0 Å². The number of nitrogens with one attached hydrogen (secondary N) is 1. The Labute approximate surface area is 147 Å². The summed E-state index contributed by atoms with van der Waals surface area (Å²) < 4.78 is 5.58. The van der Waals surface area contributed by atoms with E-state index < -0.39 is 6.04 Å². The number of ether oxygens (including phenoxy) is 1. The van der Waals surface area contributed by atoms with Crippen LogP contribution in [-0.4, -0.2) is 35.9 Å². The molecule has 1 fully saturated rings. The Morgan fingerprint density at radius 3 is 2.44 bits per heavy atom. The van der Waals surface area contributed by atoms with E-state index in [9.17, 15) is 9.59 Å². The molecule has 2 aromatic rings. The largest absolute Gasteiger partial charge is 0.493 e. The summed E-state index contributed by atoms with van der Waals surface area (Å²) in [6.07, 6.45) is 1.81. The van der Waals surface area contributed by atoms with E-state index >= 15 is 0 Å². The van der Waals surface area contributed by atoms with Gasteiger partial charge in [0.05, 0.1) is 13.0 Å². The highest BCUT2D eigenvalue weighted by Gasteiger charge is 2.33. The first-order valence-corrected chi connectivity index (χ1v) is 8.57. The predicted octanol–water partition coefficient (Wildman–Crippen LogP) is 3.09. The molecule has 1 heterocycles. The Balaban J connectivity index is 1.51. The molecule has 0 saturated carbocycles. The fourth-order valence-corrected chi connectivity index (χ4v) is 3.00. The zero-order valence-corrected chi connectivity index (χ0v) is 14.1. The van der Waals surface area contributed by atoms with Gasteiger partial charge >= 0.3 is 0 Å². The minimum Gasteiger partial charge on any atom is -0.493 e. The summed E-state index contributed by atoms with van der Waals surface area (Å²) in [5.41, 5.74) is 0.749. The second kappa shape index (κ2) is 8.33. The highest BCUT2D eigenvalue weighted by molar-refractivity contribution is 5.97. The quantitative estimate of drug-likeness (QED) is 0.880. The molecule has 2 amide bonds. The van der Waals surface area contributed by atoms with E-state index in [2.05, 4.69) is 5.32 Å². The molecule has 5 nitrogen and oxygen atoms in total. The van der Waals surface area contributed by atoms with Crippen LogP contribution in [0.15, 0.2) is 60.7 Å². The number of likely N-dealkylation sites (tertiary alicyclic amines) is 1. The first kappa shape index (κ1) is 17.0. The summed E-state index contributed by atoms with van der Waals surface area (Å²) >= 11 is 0. The topological polar surface area (TPSA) is 58.6 Å². The average Bonchev–Trinajstić information content (AvgIpc) is 3.13. The third-order valence-electron chi connectivity index (χ3n) is 4.24. The lowest BCUT2D eigenvalue weighted by atomic mass is 10.2. The molecule has 3 rings (SSSR count). The summed E-state index contributed by atoms with van der Waals surface area (Å²) in [7, 11) is 0. The van der Waals surface area contributed by atoms with E-state index in [1.54, 1.807) is 4.90 Å². The van der Waals surface area contributed by atoms with Gasteiger partial charge in [-0.25, -0.2) is 0 Å². The molecule has 2 aromatic carbocycles. The lowest BCUT2D eigenvalue weighted by molar-refractivity contribution is -0.137. The SMILES string of the molecule is O=C(Nc1ccccc1)C1CCCN1C(=O)CCOc1ccccc1. The molecule has 0 aromatic heterocycles. The fourth-order valence-electron chi connectivity index (χ4n) is 3.00. The molecule has 25 heavy (non-hydrogen) atoms. The minimum atomic E-state index is -0.399. The molecular formula is C20H22N2O3. The van der Waals surface area contributed by atoms with Crippen LogP contribution in [-0.2, 0) is 9.59 Å². The van der Waals surface area contributed by atoms with Gasteiger partial charge in [0.25, 0.3) is 0 Å². The van der Waals surface area contributed by atoms with Gasteiger partial charge in [-0.1, -0.05) is 36.4 Å². The first-order valence-electron chi connectivity index (χ1n) is 8.57. The van der Waals surface area contributed by atoms with Crippen molar-refractivity contribution in [2.45, 2.75) is 25.3 Å². The van der Waals surface area contributed by atoms with Crippen molar-refractivity contribution in [1.29, 1.82) is 0 Å². The Kier molecular flexibility index (Phi) is 5.67. The Morgan fingerprint density at radius 2 is 1.72 bits per heavy atom. The summed E-state index contributed by atoms with van der Waals surface area (Å²) in [6, 6.07) is 18.3. The zero-order chi connectivity index (χ0) is 17.5. The molecule has 1 aliphatic rings. The van der Waals surface area contributed by atoms with Crippen molar-refractivity contribution in [3.63, 3.8) is 0 Å². The van der Waals surface area contributed by atoms with Gasteiger partial charge in [0, 0.05) is 12.2 Å². The number of nitrogens with zero attached hydrogens (tertiary/aromatic N) is 1. The number of para-hydroxylation sites is 2. The number of hydrogen-bond acceptors (Lipinski definition) is 3. The van der Waals surface area contributed by atoms with Gasteiger partial charge in [-0.05, 0) is 37.1 Å². The van der Waals surface area contributed by atoms with Crippen molar-refractivity contribution >= 4 is 17.5 Å². The molecule has 0 radical (unpaired) electrons. The standard InChI is InChI=1S/C20H22N2O3/c23-19(13-15-25-17-10-5-2-6-11-17)22-14-7-12-18(22)20(24)21-16-8-3-1-4-9-16/h1-6,8-11,18H,7,12-15H2,(H,21,24). The van der Waals surface area contributed by atoms with E-state index in [0.29, 0.717) is 19.6 Å². The van der Waals surface area contributed by atoms with E-state index in [0.717, 1.165) is 17.9 Å². The van der Waals surface area contributed by atoms with Gasteiger partial charge in [0.2, 0.25) is 11.8 Å². The number of carbonyl (C=O) groups is 2. The number of amides is 2. The zero-order valence-electron chi connectivity index (χ0n) is 14.1. The molecule has 1 aliphatic heterocycles. The smallest absolute Gasteiger partial charge is 0.247 e. The lowest BCUT2D eigenvalue weighted by Gasteiger charge is -2.24. The van der Waals surface area contributed by atoms with Crippen molar-refractivity contribution in [3.05, 3.63) is 60.7 Å². The molecule has 130 valence electrons. The van der Waals surface area contributed by atoms with Crippen LogP contribution in [0.25, 0.3) is 0 Å². The van der Waals surface area contributed by atoms with Crippen molar-refractivity contribution < 1.29 is 14.3 Å². The lowest BCUT2D eigenvalue weighted by Crippen LogP contribution is -2.43. The Morgan fingerprint density at radius 1 is 1.04 bits per heavy atom. The maximum absolute atomic E-state index is 12.5. The van der Waals surface area contributed by atoms with Crippen molar-refractivity contribution in [3.8, 4) is 5.75 Å². The first-order chi connectivity index (χ1) is 12.2. The monoisotopic (exact) mass is 338 g/mol. The number of benzene rings is 2. The van der Waals surface area contributed by atoms with Crippen molar-refractivity contribution in [2.75, 3.05) is 18.5 Å². The molecule has 1 unspecified atom stereocenters. The fraction of sp³-hybridized carbons (Fsp3) is 0.300. The normalized spacial score (nSPS) is 16.5. The van der Waals surface area contributed by atoms with E-state index in [1.165, 1.54) is 0 Å². The van der Waals surface area contributed by atoms with Crippen LogP contribution in [0.3, 0.4) is 0 Å². The van der Waals surface area contributed by atoms with E-state index in [-0.39, 0.29) is 18.2 Å². The van der Waals surface area contributed by atoms with Crippen LogP contribution in [0.4, 0.5) is 5.69 Å². The Hall–Kier alpha value is -2.82. The highest BCUT2D eigenvalue weighted by atomic mass is 16.5. The van der Waals surface area contributed by atoms with Gasteiger partial charge in [-0.3, -0.25) is 9.59 Å². The maximum atomic E-state index is 12.5. The second-order valence-electron chi connectivity index (χ2n) is 6.01. The van der Waals surface area contributed by atoms with E-state index in [1.807, 2.05) is 60.7 Å². The van der Waals surface area contributed by atoms with Gasteiger partial charge in [-0.15, -0.1) is 0 Å². The minimum absolute atomic E-state index is 0.0401. The van der Waals surface area contributed by atoms with Gasteiger partial charge < -0.3 is 15.0 Å². The van der Waals surface area contributed by atoms with Crippen molar-refractivity contribution in [2.24, 2.45) is 0 Å². The third-order valence-corrected chi connectivity index (χ3v) is 4.24. The van der Waals surface area contributed by atoms with Crippen LogP contribution in [0.5, 0.6) is 5.75 Å². The molecular weight excluding hydrogens is 316 g/mol. The molecule has 1 saturated heterocycles. The van der Waals surface area contributed by atoms with Gasteiger partial charge in [0.15, 0.2) is 0 Å². The maximum Gasteiger partial charge on any atom is 0.247 e. The summed E-state index contributed by atoms with van der Waals surface area (Å²) in [5, 5.41) is 2.89. The summed E-state index contributed by atoms with van der Waals surface area (Å²) in [4.78, 5) is 26.6. The number of rotatable bonds is 6. The van der Waals surface area contributed by atoms with Gasteiger partial charge in [-0.2, -0.15) is 0 Å². The van der Waals surface area contributed by atoms with Crippen LogP contribution < -0.4 is 10.1 Å². The highest BCUT2D eigenvalue weighted by Crippen LogP contribution is 2.20. The predicted molar refractivity (Wildman–Crippen MR) is 96.4 cm³/mol. The molecule has 0 spiro atoms. The number of anilines is 1. The van der Waals surface area contributed by atoms with Gasteiger partial charge in [0.1, 0.15) is 11.8 Å². The molecule has 0 bridgehead atoms.